The second-order valence-electron chi connectivity index (χ2n) is 7.11. The van der Waals surface area contributed by atoms with Crippen LogP contribution in [0.25, 0.3) is 5.57 Å². The van der Waals surface area contributed by atoms with E-state index in [-0.39, 0.29) is 5.75 Å². The van der Waals surface area contributed by atoms with Crippen LogP contribution in [-0.4, -0.2) is 11.4 Å². The zero-order valence-corrected chi connectivity index (χ0v) is 19.7. The summed E-state index contributed by atoms with van der Waals surface area (Å²) < 4.78 is 41.2. The smallest absolute Gasteiger partial charge is 0.406 e. The van der Waals surface area contributed by atoms with Crippen LogP contribution in [0.5, 0.6) is 5.75 Å². The number of rotatable bonds is 8. The molecule has 0 aromatic heterocycles. The van der Waals surface area contributed by atoms with E-state index in [4.69, 9.17) is 4.99 Å². The first kappa shape index (κ1) is 26.1. The number of ether oxygens (including phenoxy) is 1. The molecule has 0 amide bonds. The molecular formula is C24H32F3NOS. The summed E-state index contributed by atoms with van der Waals surface area (Å²) in [6.07, 6.45) is -1.94. The van der Waals surface area contributed by atoms with Gasteiger partial charge in [0.2, 0.25) is 0 Å². The van der Waals surface area contributed by atoms with Crippen LogP contribution in [0, 0.1) is 0 Å². The SMILES string of the molecule is CC\C(C)=C(CC)/N=C(S/C=C(\C)CC)\C(C)=C(/C)c1ccc(OC(F)(F)F)cc1. The number of halogens is 3. The van der Waals surface area contributed by atoms with E-state index in [9.17, 15) is 13.2 Å². The molecule has 0 spiro atoms. The zero-order valence-electron chi connectivity index (χ0n) is 18.9. The molecule has 1 aromatic rings. The second kappa shape index (κ2) is 12.0. The molecule has 166 valence electrons. The molecule has 0 saturated carbocycles. The molecule has 0 atom stereocenters. The Morgan fingerprint density at radius 1 is 0.967 bits per heavy atom. The van der Waals surface area contributed by atoms with Crippen LogP contribution in [0.1, 0.15) is 73.3 Å². The Labute approximate surface area is 183 Å². The molecule has 0 radical (unpaired) electrons. The van der Waals surface area contributed by atoms with E-state index in [1.807, 2.05) is 13.8 Å². The predicted octanol–water partition coefficient (Wildman–Crippen LogP) is 8.92. The lowest BCUT2D eigenvalue weighted by Crippen LogP contribution is -2.17. The summed E-state index contributed by atoms with van der Waals surface area (Å²) in [6.45, 7) is 14.5. The minimum absolute atomic E-state index is 0.226. The fraction of sp³-hybridized carbons (Fsp3) is 0.458. The number of benzene rings is 1. The van der Waals surface area contributed by atoms with Gasteiger partial charge < -0.3 is 4.74 Å². The van der Waals surface area contributed by atoms with Crippen LogP contribution >= 0.6 is 11.8 Å². The number of nitrogens with zero attached hydrogens (tertiary/aromatic N) is 1. The van der Waals surface area contributed by atoms with Gasteiger partial charge in [-0.05, 0) is 81.2 Å². The monoisotopic (exact) mass is 439 g/mol. The standard InChI is InChI=1S/C24H32F3NOS/c1-8-16(4)15-30-23(28-22(10-3)17(5)9-2)19(7)18(6)20-11-13-21(14-12-20)29-24(25,26)27/h11-15H,8-10H2,1-7H3/b16-15+,19-18+,22-17-,28-23+. The van der Waals surface area contributed by atoms with Crippen molar-refractivity contribution in [1.29, 1.82) is 0 Å². The third-order valence-corrected chi connectivity index (χ3v) is 6.07. The molecule has 1 rings (SSSR count). The molecule has 6 heteroatoms. The first-order chi connectivity index (χ1) is 14.0. The number of hydrogen-bond acceptors (Lipinski definition) is 3. The van der Waals surface area contributed by atoms with Crippen LogP contribution < -0.4 is 4.74 Å². The third-order valence-electron chi connectivity index (χ3n) is 4.93. The molecular weight excluding hydrogens is 407 g/mol. The summed E-state index contributed by atoms with van der Waals surface area (Å²) in [5.74, 6) is -0.226. The van der Waals surface area contributed by atoms with Crippen molar-refractivity contribution in [2.45, 2.75) is 74.1 Å². The summed E-state index contributed by atoms with van der Waals surface area (Å²) in [4.78, 5) is 4.97. The van der Waals surface area contributed by atoms with Crippen molar-refractivity contribution in [3.8, 4) is 5.75 Å². The largest absolute Gasteiger partial charge is 0.573 e. The van der Waals surface area contributed by atoms with Crippen LogP contribution in [0.15, 0.2) is 57.1 Å². The van der Waals surface area contributed by atoms with E-state index in [0.717, 1.165) is 46.7 Å². The van der Waals surface area contributed by atoms with Crippen LogP contribution in [0.2, 0.25) is 0 Å². The molecule has 0 heterocycles. The van der Waals surface area contributed by atoms with E-state index >= 15 is 0 Å². The maximum atomic E-state index is 12.4. The molecule has 0 fully saturated rings. The van der Waals surface area contributed by atoms with E-state index in [1.165, 1.54) is 23.3 Å². The van der Waals surface area contributed by atoms with Crippen molar-refractivity contribution >= 4 is 22.4 Å². The summed E-state index contributed by atoms with van der Waals surface area (Å²) in [5.41, 5.74) is 6.39. The minimum Gasteiger partial charge on any atom is -0.406 e. The minimum atomic E-state index is -4.69. The fourth-order valence-electron chi connectivity index (χ4n) is 2.52. The third kappa shape index (κ3) is 8.42. The van der Waals surface area contributed by atoms with Crippen LogP contribution in [-0.2, 0) is 0 Å². The molecule has 0 bridgehead atoms. The highest BCUT2D eigenvalue weighted by atomic mass is 32.2. The lowest BCUT2D eigenvalue weighted by molar-refractivity contribution is -0.274. The van der Waals surface area contributed by atoms with Crippen molar-refractivity contribution in [1.82, 2.24) is 0 Å². The normalized spacial score (nSPS) is 15.0. The van der Waals surface area contributed by atoms with Crippen molar-refractivity contribution < 1.29 is 17.9 Å². The molecule has 2 nitrogen and oxygen atoms in total. The van der Waals surface area contributed by atoms with Crippen molar-refractivity contribution in [3.63, 3.8) is 0 Å². The number of alkyl halides is 3. The highest BCUT2D eigenvalue weighted by Crippen LogP contribution is 2.29. The van der Waals surface area contributed by atoms with Crippen molar-refractivity contribution in [3.05, 3.63) is 57.7 Å². The van der Waals surface area contributed by atoms with Gasteiger partial charge in [0.1, 0.15) is 10.8 Å². The predicted molar refractivity (Wildman–Crippen MR) is 124 cm³/mol. The zero-order chi connectivity index (χ0) is 22.9. The Morgan fingerprint density at radius 2 is 1.57 bits per heavy atom. The highest BCUT2D eigenvalue weighted by molar-refractivity contribution is 8.16. The number of thioether (sulfide) groups is 1. The summed E-state index contributed by atoms with van der Waals surface area (Å²) in [6, 6.07) is 5.96. The molecule has 0 aliphatic rings. The second-order valence-corrected chi connectivity index (χ2v) is 7.97. The summed E-state index contributed by atoms with van der Waals surface area (Å²) >= 11 is 1.59. The fourth-order valence-corrected chi connectivity index (χ4v) is 3.50. The first-order valence-electron chi connectivity index (χ1n) is 10.2. The lowest BCUT2D eigenvalue weighted by atomic mass is 10.0. The summed E-state index contributed by atoms with van der Waals surface area (Å²) in [7, 11) is 0. The van der Waals surface area contributed by atoms with Gasteiger partial charge in [0.25, 0.3) is 0 Å². The van der Waals surface area contributed by atoms with Gasteiger partial charge in [-0.25, -0.2) is 4.99 Å². The average molecular weight is 440 g/mol. The quantitative estimate of drug-likeness (QED) is 0.298. The van der Waals surface area contributed by atoms with Gasteiger partial charge in [0.05, 0.1) is 0 Å². The average Bonchev–Trinajstić information content (AvgIpc) is 2.71. The molecule has 1 aromatic carbocycles. The lowest BCUT2D eigenvalue weighted by Gasteiger charge is -2.13. The van der Waals surface area contributed by atoms with Crippen LogP contribution in [0.3, 0.4) is 0 Å². The molecule has 0 aliphatic heterocycles. The Morgan fingerprint density at radius 3 is 2.03 bits per heavy atom. The maximum Gasteiger partial charge on any atom is 0.573 e. The molecule has 30 heavy (non-hydrogen) atoms. The van der Waals surface area contributed by atoms with Gasteiger partial charge in [-0.3, -0.25) is 0 Å². The molecule has 0 saturated heterocycles. The Balaban J connectivity index is 3.38. The van der Waals surface area contributed by atoms with Gasteiger partial charge in [-0.1, -0.05) is 55.8 Å². The highest BCUT2D eigenvalue weighted by Gasteiger charge is 2.31. The molecule has 0 aliphatic carbocycles. The number of hydrogen-bond donors (Lipinski definition) is 0. The van der Waals surface area contributed by atoms with E-state index in [1.54, 1.807) is 23.9 Å². The van der Waals surface area contributed by atoms with Gasteiger partial charge in [-0.2, -0.15) is 0 Å². The van der Waals surface area contributed by atoms with E-state index in [2.05, 4.69) is 44.8 Å². The summed E-state index contributed by atoms with van der Waals surface area (Å²) in [5, 5.41) is 3.02. The topological polar surface area (TPSA) is 21.6 Å². The first-order valence-corrected chi connectivity index (χ1v) is 11.0. The van der Waals surface area contributed by atoms with Crippen LogP contribution in [0.4, 0.5) is 13.2 Å². The molecule has 0 N–H and O–H groups in total. The van der Waals surface area contributed by atoms with Gasteiger partial charge in [-0.15, -0.1) is 13.2 Å². The maximum absolute atomic E-state index is 12.4. The van der Waals surface area contributed by atoms with E-state index < -0.39 is 6.36 Å². The Hall–Kier alpha value is -1.95. The van der Waals surface area contributed by atoms with Crippen molar-refractivity contribution in [2.24, 2.45) is 4.99 Å². The Bertz CT molecular complexity index is 831. The van der Waals surface area contributed by atoms with Gasteiger partial charge >= 0.3 is 6.36 Å². The number of allylic oxidation sites excluding steroid dienone is 4. The number of aliphatic imine (C=N–C) groups is 1. The van der Waals surface area contributed by atoms with E-state index in [0.29, 0.717) is 0 Å². The Kier molecular flexibility index (Phi) is 10.5. The van der Waals surface area contributed by atoms with Gasteiger partial charge in [0, 0.05) is 5.70 Å². The van der Waals surface area contributed by atoms with Gasteiger partial charge in [0.15, 0.2) is 0 Å². The molecule has 0 unspecified atom stereocenters. The van der Waals surface area contributed by atoms with Crippen molar-refractivity contribution in [2.75, 3.05) is 0 Å².